The molecule has 0 spiro atoms. The van der Waals surface area contributed by atoms with E-state index in [1.54, 1.807) is 28.9 Å². The molecule has 0 bridgehead atoms. The maximum atomic E-state index is 12.6. The van der Waals surface area contributed by atoms with Crippen molar-refractivity contribution in [2.24, 2.45) is 0 Å². The number of nitrogens with one attached hydrogen (secondary N) is 1. The van der Waals surface area contributed by atoms with Crippen LogP contribution in [-0.4, -0.2) is 22.3 Å². The first-order chi connectivity index (χ1) is 12.1. The molecule has 0 saturated heterocycles. The Labute approximate surface area is 151 Å². The minimum Gasteiger partial charge on any atom is -0.492 e. The summed E-state index contributed by atoms with van der Waals surface area (Å²) in [6.45, 7) is 4.28. The van der Waals surface area contributed by atoms with Gasteiger partial charge in [0.05, 0.1) is 18.0 Å². The maximum absolute atomic E-state index is 12.6. The van der Waals surface area contributed by atoms with Gasteiger partial charge in [-0.1, -0.05) is 29.8 Å². The number of hydrogen-bond donors (Lipinski definition) is 1. The molecule has 3 aromatic rings. The molecule has 0 unspecified atom stereocenters. The number of hydrogen-bond acceptors (Lipinski definition) is 3. The van der Waals surface area contributed by atoms with Gasteiger partial charge < -0.3 is 10.1 Å². The summed E-state index contributed by atoms with van der Waals surface area (Å²) in [5, 5.41) is 7.74. The van der Waals surface area contributed by atoms with Crippen molar-refractivity contribution in [2.75, 3.05) is 11.9 Å². The molecule has 1 aromatic heterocycles. The number of anilines is 1. The maximum Gasteiger partial charge on any atom is 0.276 e. The molecule has 1 amide bonds. The average molecular weight is 356 g/mol. The van der Waals surface area contributed by atoms with E-state index in [0.717, 1.165) is 11.4 Å². The van der Waals surface area contributed by atoms with Gasteiger partial charge in [0.1, 0.15) is 5.75 Å². The summed E-state index contributed by atoms with van der Waals surface area (Å²) in [6.07, 6.45) is 0. The van der Waals surface area contributed by atoms with E-state index in [9.17, 15) is 4.79 Å². The Hall–Kier alpha value is -2.79. The molecular weight excluding hydrogens is 338 g/mol. The molecule has 128 valence electrons. The Bertz CT molecular complexity index is 891. The first kappa shape index (κ1) is 17.0. The second-order valence-electron chi connectivity index (χ2n) is 5.45. The fourth-order valence-electron chi connectivity index (χ4n) is 2.48. The summed E-state index contributed by atoms with van der Waals surface area (Å²) in [6, 6.07) is 16.5. The van der Waals surface area contributed by atoms with Crippen molar-refractivity contribution < 1.29 is 9.53 Å². The number of rotatable bonds is 5. The predicted octanol–water partition coefficient (Wildman–Crippen LogP) is 4.49. The van der Waals surface area contributed by atoms with Crippen molar-refractivity contribution in [3.8, 4) is 11.4 Å². The molecule has 5 nitrogen and oxygen atoms in total. The second kappa shape index (κ2) is 7.40. The highest BCUT2D eigenvalue weighted by molar-refractivity contribution is 6.31. The van der Waals surface area contributed by atoms with Crippen LogP contribution in [0.4, 0.5) is 5.69 Å². The van der Waals surface area contributed by atoms with Crippen LogP contribution in [0.5, 0.6) is 5.75 Å². The normalized spacial score (nSPS) is 10.5. The molecule has 0 aliphatic rings. The highest BCUT2D eigenvalue weighted by Crippen LogP contribution is 2.28. The molecule has 0 fully saturated rings. The van der Waals surface area contributed by atoms with Gasteiger partial charge in [0.25, 0.3) is 5.91 Å². The topological polar surface area (TPSA) is 56.1 Å². The van der Waals surface area contributed by atoms with Gasteiger partial charge in [-0.15, -0.1) is 0 Å². The van der Waals surface area contributed by atoms with Crippen molar-refractivity contribution in [3.63, 3.8) is 0 Å². The molecule has 3 rings (SSSR count). The van der Waals surface area contributed by atoms with E-state index in [0.29, 0.717) is 28.8 Å². The minimum absolute atomic E-state index is 0.319. The Morgan fingerprint density at radius 2 is 1.96 bits per heavy atom. The van der Waals surface area contributed by atoms with Gasteiger partial charge >= 0.3 is 0 Å². The molecule has 25 heavy (non-hydrogen) atoms. The van der Waals surface area contributed by atoms with E-state index in [2.05, 4.69) is 10.4 Å². The lowest BCUT2D eigenvalue weighted by molar-refractivity contribution is 0.102. The number of nitrogens with zero attached hydrogens (tertiary/aromatic N) is 2. The van der Waals surface area contributed by atoms with Crippen molar-refractivity contribution >= 4 is 23.2 Å². The van der Waals surface area contributed by atoms with Crippen LogP contribution in [-0.2, 0) is 0 Å². The summed E-state index contributed by atoms with van der Waals surface area (Å²) in [5.74, 6) is 0.250. The molecule has 0 radical (unpaired) electrons. The van der Waals surface area contributed by atoms with E-state index in [1.807, 2.05) is 44.2 Å². The average Bonchev–Trinajstić information content (AvgIpc) is 3.00. The number of benzene rings is 2. The SMILES string of the molecule is CCOc1ccc(Cl)cc1NC(=O)c1cc(C)n(-c2ccccc2)n1. The van der Waals surface area contributed by atoms with Gasteiger partial charge in [-0.05, 0) is 50.2 Å². The molecule has 1 N–H and O–H groups in total. The Morgan fingerprint density at radius 1 is 1.20 bits per heavy atom. The van der Waals surface area contributed by atoms with Gasteiger partial charge in [-0.2, -0.15) is 5.10 Å². The second-order valence-corrected chi connectivity index (χ2v) is 5.88. The third kappa shape index (κ3) is 3.83. The lowest BCUT2D eigenvalue weighted by Crippen LogP contribution is -2.14. The fourth-order valence-corrected chi connectivity index (χ4v) is 2.66. The van der Waals surface area contributed by atoms with Crippen LogP contribution in [0.15, 0.2) is 54.6 Å². The van der Waals surface area contributed by atoms with E-state index in [1.165, 1.54) is 0 Å². The number of ether oxygens (including phenoxy) is 1. The van der Waals surface area contributed by atoms with Crippen molar-refractivity contribution in [1.82, 2.24) is 9.78 Å². The van der Waals surface area contributed by atoms with E-state index >= 15 is 0 Å². The van der Waals surface area contributed by atoms with E-state index < -0.39 is 0 Å². The largest absolute Gasteiger partial charge is 0.492 e. The first-order valence-corrected chi connectivity index (χ1v) is 8.32. The Balaban J connectivity index is 1.87. The van der Waals surface area contributed by atoms with Crippen LogP contribution < -0.4 is 10.1 Å². The lowest BCUT2D eigenvalue weighted by atomic mass is 10.2. The van der Waals surface area contributed by atoms with E-state index in [-0.39, 0.29) is 5.91 Å². The number of halogens is 1. The monoisotopic (exact) mass is 355 g/mol. The standard InChI is InChI=1S/C19H18ClN3O2/c1-3-25-18-10-9-14(20)12-16(18)21-19(24)17-11-13(2)23(22-17)15-7-5-4-6-8-15/h4-12H,3H2,1-2H3,(H,21,24). The number of amides is 1. The number of aromatic nitrogens is 2. The number of carbonyl (C=O) groups is 1. The Morgan fingerprint density at radius 3 is 2.68 bits per heavy atom. The summed E-state index contributed by atoms with van der Waals surface area (Å²) < 4.78 is 7.26. The number of carbonyl (C=O) groups excluding carboxylic acids is 1. The van der Waals surface area contributed by atoms with Gasteiger partial charge in [0.2, 0.25) is 0 Å². The van der Waals surface area contributed by atoms with Crippen molar-refractivity contribution in [2.45, 2.75) is 13.8 Å². The van der Waals surface area contributed by atoms with Crippen LogP contribution in [0.3, 0.4) is 0 Å². The van der Waals surface area contributed by atoms with Gasteiger partial charge in [-0.3, -0.25) is 4.79 Å². The summed E-state index contributed by atoms with van der Waals surface area (Å²) >= 11 is 6.03. The molecule has 2 aromatic carbocycles. The summed E-state index contributed by atoms with van der Waals surface area (Å²) in [5.41, 5.74) is 2.61. The number of para-hydroxylation sites is 1. The smallest absolute Gasteiger partial charge is 0.276 e. The van der Waals surface area contributed by atoms with Crippen LogP contribution >= 0.6 is 11.6 Å². The Kier molecular flexibility index (Phi) is 5.05. The molecule has 0 saturated carbocycles. The van der Waals surface area contributed by atoms with Crippen LogP contribution in [0.25, 0.3) is 5.69 Å². The molecule has 0 aliphatic heterocycles. The predicted molar refractivity (Wildman–Crippen MR) is 98.9 cm³/mol. The van der Waals surface area contributed by atoms with Crippen molar-refractivity contribution in [3.05, 3.63) is 71.0 Å². The molecule has 6 heteroatoms. The zero-order valence-corrected chi connectivity index (χ0v) is 14.7. The third-order valence-electron chi connectivity index (χ3n) is 3.61. The van der Waals surface area contributed by atoms with Gasteiger partial charge in [0.15, 0.2) is 5.69 Å². The minimum atomic E-state index is -0.319. The summed E-state index contributed by atoms with van der Waals surface area (Å²) in [7, 11) is 0. The van der Waals surface area contributed by atoms with Crippen LogP contribution in [0.2, 0.25) is 5.02 Å². The zero-order chi connectivity index (χ0) is 17.8. The van der Waals surface area contributed by atoms with Gasteiger partial charge in [0, 0.05) is 10.7 Å². The molecular formula is C19H18ClN3O2. The van der Waals surface area contributed by atoms with Crippen molar-refractivity contribution in [1.29, 1.82) is 0 Å². The summed E-state index contributed by atoms with van der Waals surface area (Å²) in [4.78, 5) is 12.6. The molecule has 1 heterocycles. The highest BCUT2D eigenvalue weighted by Gasteiger charge is 2.15. The van der Waals surface area contributed by atoms with E-state index in [4.69, 9.17) is 16.3 Å². The van der Waals surface area contributed by atoms with Crippen LogP contribution in [0, 0.1) is 6.92 Å². The quantitative estimate of drug-likeness (QED) is 0.733. The highest BCUT2D eigenvalue weighted by atomic mass is 35.5. The molecule has 0 aliphatic carbocycles. The first-order valence-electron chi connectivity index (χ1n) is 7.94. The molecule has 0 atom stereocenters. The fraction of sp³-hybridized carbons (Fsp3) is 0.158. The zero-order valence-electron chi connectivity index (χ0n) is 14.0. The lowest BCUT2D eigenvalue weighted by Gasteiger charge is -2.11. The third-order valence-corrected chi connectivity index (χ3v) is 3.85. The number of aryl methyl sites for hydroxylation is 1. The van der Waals surface area contributed by atoms with Gasteiger partial charge in [-0.25, -0.2) is 4.68 Å². The van der Waals surface area contributed by atoms with Crippen LogP contribution in [0.1, 0.15) is 23.1 Å².